The fraction of sp³-hybridized carbons (Fsp3) is 0.0526. The lowest BCUT2D eigenvalue weighted by molar-refractivity contribution is 0.629. The van der Waals surface area contributed by atoms with Gasteiger partial charge in [-0.15, -0.1) is 0 Å². The zero-order valence-corrected chi connectivity index (χ0v) is 15.6. The first-order valence-corrected chi connectivity index (χ1v) is 8.43. The number of anilines is 1. The number of hydrogen-bond acceptors (Lipinski definition) is 5. The van der Waals surface area contributed by atoms with Gasteiger partial charge in [-0.05, 0) is 25.1 Å². The van der Waals surface area contributed by atoms with E-state index in [1.54, 1.807) is 37.4 Å². The summed E-state index contributed by atoms with van der Waals surface area (Å²) in [6.45, 7) is 5.59. The quantitative estimate of drug-likeness (QED) is 0.387. The molecule has 140 valence electrons. The second-order valence-corrected chi connectivity index (χ2v) is 6.22. The van der Waals surface area contributed by atoms with E-state index in [0.29, 0.717) is 33.3 Å². The van der Waals surface area contributed by atoms with Crippen molar-refractivity contribution in [3.63, 3.8) is 0 Å². The van der Waals surface area contributed by atoms with Gasteiger partial charge in [-0.2, -0.15) is 10.4 Å². The molecule has 3 rings (SSSR count). The van der Waals surface area contributed by atoms with Crippen LogP contribution < -0.4 is 11.1 Å². The molecule has 0 unspecified atom stereocenters. The number of benzene rings is 1. The number of hydrogen-bond donors (Lipinski definition) is 2. The van der Waals surface area contributed by atoms with E-state index < -0.39 is 5.82 Å². The van der Waals surface area contributed by atoms with E-state index in [2.05, 4.69) is 33.0 Å². The molecule has 3 N–H and O–H groups in total. The van der Waals surface area contributed by atoms with Crippen molar-refractivity contribution >= 4 is 34.7 Å². The van der Waals surface area contributed by atoms with Gasteiger partial charge in [-0.3, -0.25) is 0 Å². The number of allylic oxidation sites excluding steroid dienone is 2. The highest BCUT2D eigenvalue weighted by molar-refractivity contribution is 6.32. The molecular formula is C19H15ClFN7. The smallest absolute Gasteiger partial charge is 0.169 e. The Labute approximate surface area is 165 Å². The van der Waals surface area contributed by atoms with Crippen molar-refractivity contribution in [2.45, 2.75) is 6.92 Å². The SMILES string of the molecule is C=C(C)/C=C(\N=C/N)Nc1ncc(F)c2nn(-c3c(Cl)cccc3C#N)cc12. The first-order valence-electron chi connectivity index (χ1n) is 8.06. The van der Waals surface area contributed by atoms with Gasteiger partial charge in [0.1, 0.15) is 28.9 Å². The van der Waals surface area contributed by atoms with E-state index in [4.69, 9.17) is 17.3 Å². The fourth-order valence-corrected chi connectivity index (χ4v) is 2.83. The van der Waals surface area contributed by atoms with E-state index in [1.165, 1.54) is 4.68 Å². The van der Waals surface area contributed by atoms with Gasteiger partial charge in [-0.1, -0.05) is 29.8 Å². The van der Waals surface area contributed by atoms with Crippen LogP contribution in [-0.4, -0.2) is 21.1 Å². The molecule has 0 atom stereocenters. The molecule has 0 aliphatic rings. The Kier molecular flexibility index (Phi) is 5.38. The summed E-state index contributed by atoms with van der Waals surface area (Å²) in [7, 11) is 0. The van der Waals surface area contributed by atoms with Gasteiger partial charge < -0.3 is 11.1 Å². The summed E-state index contributed by atoms with van der Waals surface area (Å²) in [5, 5.41) is 17.3. The largest absolute Gasteiger partial charge is 0.390 e. The molecule has 28 heavy (non-hydrogen) atoms. The van der Waals surface area contributed by atoms with E-state index >= 15 is 0 Å². The van der Waals surface area contributed by atoms with Crippen molar-refractivity contribution < 1.29 is 4.39 Å². The van der Waals surface area contributed by atoms with Crippen LogP contribution in [0.1, 0.15) is 12.5 Å². The van der Waals surface area contributed by atoms with Crippen molar-refractivity contribution in [3.05, 3.63) is 71.0 Å². The van der Waals surface area contributed by atoms with Crippen molar-refractivity contribution in [3.8, 4) is 11.8 Å². The summed E-state index contributed by atoms with van der Waals surface area (Å²) in [4.78, 5) is 8.10. The molecule has 0 saturated carbocycles. The minimum absolute atomic E-state index is 0.0627. The number of rotatable bonds is 5. The summed E-state index contributed by atoms with van der Waals surface area (Å²) >= 11 is 6.24. The monoisotopic (exact) mass is 395 g/mol. The van der Waals surface area contributed by atoms with Crippen LogP contribution in [0.25, 0.3) is 16.6 Å². The number of aromatic nitrogens is 3. The van der Waals surface area contributed by atoms with E-state index in [1.807, 2.05) is 0 Å². The minimum atomic E-state index is -0.613. The molecule has 2 aromatic heterocycles. The average molecular weight is 396 g/mol. The van der Waals surface area contributed by atoms with Gasteiger partial charge >= 0.3 is 0 Å². The number of aliphatic imine (C=N–C) groups is 1. The third-order valence-electron chi connectivity index (χ3n) is 3.68. The lowest BCUT2D eigenvalue weighted by Gasteiger charge is -2.07. The van der Waals surface area contributed by atoms with Crippen LogP contribution in [0.2, 0.25) is 5.02 Å². The molecule has 2 heterocycles. The third-order valence-corrected chi connectivity index (χ3v) is 3.99. The van der Waals surface area contributed by atoms with Crippen LogP contribution in [-0.2, 0) is 0 Å². The number of nitriles is 1. The summed E-state index contributed by atoms with van der Waals surface area (Å²) < 4.78 is 15.7. The van der Waals surface area contributed by atoms with Crippen LogP contribution in [0, 0.1) is 17.1 Å². The molecule has 0 aliphatic heterocycles. The molecule has 3 aromatic rings. The number of nitrogens with one attached hydrogen (secondary N) is 1. The standard InChI is InChI=1S/C19H15ClFN7/c1-11(2)6-16(25-10-23)26-19-13-9-28(27-17(13)15(21)8-24-19)18-12(7-22)4-3-5-14(18)20/h3-6,8-10H,1H2,2H3,(H2,23,25)(H,24,26)/b16-6+. The van der Waals surface area contributed by atoms with Gasteiger partial charge in [0.2, 0.25) is 0 Å². The Bertz CT molecular complexity index is 1170. The molecule has 0 aliphatic carbocycles. The highest BCUT2D eigenvalue weighted by atomic mass is 35.5. The lowest BCUT2D eigenvalue weighted by Crippen LogP contribution is -2.03. The van der Waals surface area contributed by atoms with E-state index in [0.717, 1.165) is 18.1 Å². The van der Waals surface area contributed by atoms with Gasteiger partial charge in [0.25, 0.3) is 0 Å². The first-order chi connectivity index (χ1) is 13.4. The number of pyridine rings is 1. The fourth-order valence-electron chi connectivity index (χ4n) is 2.57. The molecule has 0 radical (unpaired) electrons. The van der Waals surface area contributed by atoms with Crippen molar-refractivity contribution in [2.24, 2.45) is 10.7 Å². The number of nitrogens with zero attached hydrogens (tertiary/aromatic N) is 5. The maximum atomic E-state index is 14.3. The van der Waals surface area contributed by atoms with Crippen molar-refractivity contribution in [2.75, 3.05) is 5.32 Å². The van der Waals surface area contributed by atoms with Gasteiger partial charge in [0.15, 0.2) is 5.82 Å². The van der Waals surface area contributed by atoms with Gasteiger partial charge in [0.05, 0.1) is 28.5 Å². The maximum Gasteiger partial charge on any atom is 0.169 e. The zero-order chi connectivity index (χ0) is 20.3. The molecule has 0 fully saturated rings. The van der Waals surface area contributed by atoms with Crippen LogP contribution in [0.3, 0.4) is 0 Å². The Hall–Kier alpha value is -3.70. The Morgan fingerprint density at radius 1 is 1.50 bits per heavy atom. The maximum absolute atomic E-state index is 14.3. The number of fused-ring (bicyclic) bond motifs is 1. The predicted molar refractivity (Wildman–Crippen MR) is 108 cm³/mol. The van der Waals surface area contributed by atoms with Crippen molar-refractivity contribution in [1.82, 2.24) is 14.8 Å². The zero-order valence-electron chi connectivity index (χ0n) is 14.8. The second-order valence-electron chi connectivity index (χ2n) is 5.82. The van der Waals surface area contributed by atoms with Crippen LogP contribution in [0.4, 0.5) is 10.2 Å². The summed E-state index contributed by atoms with van der Waals surface area (Å²) in [5.74, 6) is 0.0718. The molecule has 0 saturated heterocycles. The highest BCUT2D eigenvalue weighted by Gasteiger charge is 2.17. The number of halogens is 2. The third kappa shape index (κ3) is 3.70. The molecule has 1 aromatic carbocycles. The normalized spacial score (nSPS) is 11.7. The van der Waals surface area contributed by atoms with Crippen molar-refractivity contribution in [1.29, 1.82) is 5.26 Å². The summed E-state index contributed by atoms with van der Waals surface area (Å²) in [6.07, 6.45) is 5.37. The van der Waals surface area contributed by atoms with Gasteiger partial charge in [-0.25, -0.2) is 19.0 Å². The Morgan fingerprint density at radius 3 is 2.96 bits per heavy atom. The molecular weight excluding hydrogens is 381 g/mol. The number of nitrogens with two attached hydrogens (primary N) is 1. The first kappa shape index (κ1) is 19.1. The van der Waals surface area contributed by atoms with Crippen LogP contribution >= 0.6 is 11.6 Å². The lowest BCUT2D eigenvalue weighted by atomic mass is 10.2. The second kappa shape index (κ2) is 7.90. The average Bonchev–Trinajstić information content (AvgIpc) is 3.09. The van der Waals surface area contributed by atoms with E-state index in [-0.39, 0.29) is 5.52 Å². The molecule has 0 spiro atoms. The number of para-hydroxylation sites is 1. The highest BCUT2D eigenvalue weighted by Crippen LogP contribution is 2.29. The van der Waals surface area contributed by atoms with E-state index in [9.17, 15) is 9.65 Å². The topological polar surface area (TPSA) is 105 Å². The molecule has 7 nitrogen and oxygen atoms in total. The predicted octanol–water partition coefficient (Wildman–Crippen LogP) is 3.90. The van der Waals surface area contributed by atoms with Gasteiger partial charge in [0, 0.05) is 6.20 Å². The molecule has 0 bridgehead atoms. The van der Waals surface area contributed by atoms with Crippen LogP contribution in [0.5, 0.6) is 0 Å². The Morgan fingerprint density at radius 2 is 2.29 bits per heavy atom. The molecule has 9 heteroatoms. The molecule has 0 amide bonds. The Balaban J connectivity index is 2.18. The summed E-state index contributed by atoms with van der Waals surface area (Å²) in [5.41, 5.74) is 6.83. The van der Waals surface area contributed by atoms with Crippen LogP contribution in [0.15, 0.2) is 59.6 Å². The summed E-state index contributed by atoms with van der Waals surface area (Å²) in [6, 6.07) is 6.94. The minimum Gasteiger partial charge on any atom is -0.390 e.